The van der Waals surface area contributed by atoms with Crippen LogP contribution in [0, 0.1) is 5.92 Å². The summed E-state index contributed by atoms with van der Waals surface area (Å²) < 4.78 is 5.39. The van der Waals surface area contributed by atoms with Crippen LogP contribution in [0.3, 0.4) is 0 Å². The maximum Gasteiger partial charge on any atom is 0.407 e. The number of aliphatic imine (C=N–C) groups is 1. The van der Waals surface area contributed by atoms with Gasteiger partial charge < -0.3 is 25.6 Å². The van der Waals surface area contributed by atoms with E-state index in [1.807, 2.05) is 70.2 Å². The van der Waals surface area contributed by atoms with Crippen LogP contribution in [-0.4, -0.2) is 48.6 Å². The third-order valence-electron chi connectivity index (χ3n) is 7.51. The molecule has 1 heterocycles. The Morgan fingerprint density at radius 2 is 1.80 bits per heavy atom. The number of ether oxygens (including phenoxy) is 1. The highest BCUT2D eigenvalue weighted by molar-refractivity contribution is 6.14. The second-order valence-electron chi connectivity index (χ2n) is 11.9. The summed E-state index contributed by atoms with van der Waals surface area (Å²) in [6.45, 7) is 7.48. The van der Waals surface area contributed by atoms with E-state index in [4.69, 9.17) is 9.73 Å². The van der Waals surface area contributed by atoms with Crippen LogP contribution in [0.2, 0.25) is 0 Å². The topological polar surface area (TPSA) is 112 Å². The van der Waals surface area contributed by atoms with E-state index in [-0.39, 0.29) is 17.9 Å². The highest BCUT2D eigenvalue weighted by Gasteiger charge is 2.33. The van der Waals surface area contributed by atoms with E-state index < -0.39 is 23.9 Å². The summed E-state index contributed by atoms with van der Waals surface area (Å²) >= 11 is 0. The third kappa shape index (κ3) is 8.08. The highest BCUT2D eigenvalue weighted by Crippen LogP contribution is 2.33. The standard InChI is InChI=1S/C32H43N5O4/c1-6-23(34-31(40)41-32(2,3)4)19-21-13-12-16-24(20-21)33-30(39)36-28-29(38)37(5)26-18-11-10-17-25(26)27(35-28)22-14-8-7-9-15-22/h10-13,16-18,20,22-23,28H,6-9,14-15,19H2,1-5H3,(H,34,40)(H2,33,36,39)/t23?,28-/m0/s1. The minimum absolute atomic E-state index is 0.123. The Kier molecular flexibility index (Phi) is 9.68. The molecule has 3 N–H and O–H groups in total. The fourth-order valence-electron chi connectivity index (χ4n) is 5.47. The lowest BCUT2D eigenvalue weighted by atomic mass is 9.83. The van der Waals surface area contributed by atoms with Crippen LogP contribution in [0.5, 0.6) is 0 Å². The van der Waals surface area contributed by atoms with Gasteiger partial charge in [-0.15, -0.1) is 0 Å². The zero-order valence-electron chi connectivity index (χ0n) is 24.8. The number of urea groups is 1. The quantitative estimate of drug-likeness (QED) is 0.383. The molecule has 4 rings (SSSR count). The molecule has 2 aromatic rings. The van der Waals surface area contributed by atoms with Crippen molar-refractivity contribution in [3.63, 3.8) is 0 Å². The van der Waals surface area contributed by atoms with Crippen molar-refractivity contribution in [3.8, 4) is 0 Å². The number of rotatable bonds is 7. The van der Waals surface area contributed by atoms with Crippen molar-refractivity contribution in [2.24, 2.45) is 10.9 Å². The number of para-hydroxylation sites is 1. The van der Waals surface area contributed by atoms with Crippen molar-refractivity contribution in [1.82, 2.24) is 10.6 Å². The van der Waals surface area contributed by atoms with Gasteiger partial charge in [0.15, 0.2) is 0 Å². The Balaban J connectivity index is 1.46. The number of benzodiazepines with no additional fused rings is 1. The molecular weight excluding hydrogens is 518 g/mol. The molecule has 9 nitrogen and oxygen atoms in total. The van der Waals surface area contributed by atoms with Crippen LogP contribution in [0.4, 0.5) is 21.0 Å². The molecule has 1 fully saturated rings. The fraction of sp³-hybridized carbons (Fsp3) is 0.500. The summed E-state index contributed by atoms with van der Waals surface area (Å²) in [6.07, 6.45) is 5.35. The van der Waals surface area contributed by atoms with Crippen molar-refractivity contribution < 1.29 is 19.1 Å². The molecule has 2 atom stereocenters. The number of nitrogens with zero attached hydrogens (tertiary/aromatic N) is 2. The number of hydrogen-bond donors (Lipinski definition) is 3. The fourth-order valence-corrected chi connectivity index (χ4v) is 5.47. The smallest absolute Gasteiger partial charge is 0.407 e. The first-order chi connectivity index (χ1) is 19.5. The Hall–Kier alpha value is -3.88. The maximum atomic E-state index is 13.4. The summed E-state index contributed by atoms with van der Waals surface area (Å²) in [7, 11) is 1.73. The Labute approximate surface area is 243 Å². The third-order valence-corrected chi connectivity index (χ3v) is 7.51. The summed E-state index contributed by atoms with van der Waals surface area (Å²) in [5.41, 5.74) is 3.62. The number of benzene rings is 2. The van der Waals surface area contributed by atoms with E-state index >= 15 is 0 Å². The molecule has 1 aliphatic carbocycles. The van der Waals surface area contributed by atoms with Gasteiger partial charge in [0.2, 0.25) is 6.17 Å². The first kappa shape index (κ1) is 30.1. The van der Waals surface area contributed by atoms with Gasteiger partial charge in [-0.25, -0.2) is 9.59 Å². The molecule has 0 radical (unpaired) electrons. The van der Waals surface area contributed by atoms with Crippen molar-refractivity contribution in [1.29, 1.82) is 0 Å². The number of nitrogens with one attached hydrogen (secondary N) is 3. The number of fused-ring (bicyclic) bond motifs is 1. The van der Waals surface area contributed by atoms with Crippen LogP contribution in [0.25, 0.3) is 0 Å². The maximum absolute atomic E-state index is 13.4. The second kappa shape index (κ2) is 13.2. The molecule has 0 saturated heterocycles. The van der Waals surface area contributed by atoms with Crippen LogP contribution < -0.4 is 20.9 Å². The van der Waals surface area contributed by atoms with Gasteiger partial charge in [-0.2, -0.15) is 0 Å². The lowest BCUT2D eigenvalue weighted by Crippen LogP contribution is -2.47. The van der Waals surface area contributed by atoms with E-state index in [0.717, 1.165) is 54.6 Å². The average molecular weight is 562 g/mol. The zero-order valence-corrected chi connectivity index (χ0v) is 24.8. The van der Waals surface area contributed by atoms with E-state index in [1.165, 1.54) is 6.42 Å². The minimum atomic E-state index is -1.03. The molecule has 1 saturated carbocycles. The molecule has 2 aromatic carbocycles. The van der Waals surface area contributed by atoms with Gasteiger partial charge in [-0.1, -0.05) is 56.5 Å². The Morgan fingerprint density at radius 1 is 1.07 bits per heavy atom. The first-order valence-electron chi connectivity index (χ1n) is 14.6. The van der Waals surface area contributed by atoms with E-state index in [0.29, 0.717) is 12.1 Å². The summed E-state index contributed by atoms with van der Waals surface area (Å²) in [5, 5.41) is 8.59. The largest absolute Gasteiger partial charge is 0.444 e. The molecule has 1 unspecified atom stereocenters. The minimum Gasteiger partial charge on any atom is -0.444 e. The molecule has 41 heavy (non-hydrogen) atoms. The number of likely N-dealkylation sites (N-methyl/N-ethyl adjacent to an activating group) is 1. The normalized spacial score (nSPS) is 18.5. The van der Waals surface area contributed by atoms with Crippen LogP contribution in [-0.2, 0) is 16.0 Å². The zero-order chi connectivity index (χ0) is 29.6. The van der Waals surface area contributed by atoms with Gasteiger partial charge in [-0.05, 0) is 70.2 Å². The SMILES string of the molecule is CCC(Cc1cccc(NC(=O)N[C@@H]2N=C(C3CCCCC3)c3ccccc3N(C)C2=O)c1)NC(=O)OC(C)(C)C. The highest BCUT2D eigenvalue weighted by atomic mass is 16.6. The molecule has 9 heteroatoms. The van der Waals surface area contributed by atoms with Crippen LogP contribution in [0.15, 0.2) is 53.5 Å². The molecule has 0 bridgehead atoms. The van der Waals surface area contributed by atoms with E-state index in [1.54, 1.807) is 18.0 Å². The summed E-state index contributed by atoms with van der Waals surface area (Å²) in [4.78, 5) is 45.3. The molecule has 0 aromatic heterocycles. The van der Waals surface area contributed by atoms with Crippen molar-refractivity contribution >= 4 is 35.1 Å². The summed E-state index contributed by atoms with van der Waals surface area (Å²) in [6, 6.07) is 14.7. The van der Waals surface area contributed by atoms with Crippen LogP contribution >= 0.6 is 0 Å². The number of alkyl carbamates (subject to hydrolysis) is 1. The number of carbonyl (C=O) groups excluding carboxylic acids is 3. The molecule has 0 spiro atoms. The number of hydrogen-bond acceptors (Lipinski definition) is 5. The Bertz CT molecular complexity index is 1280. The van der Waals surface area contributed by atoms with Gasteiger partial charge in [0.25, 0.3) is 5.91 Å². The van der Waals surface area contributed by atoms with Crippen molar-refractivity contribution in [2.75, 3.05) is 17.3 Å². The lowest BCUT2D eigenvalue weighted by molar-refractivity contribution is -0.119. The van der Waals surface area contributed by atoms with Gasteiger partial charge in [0.1, 0.15) is 5.60 Å². The van der Waals surface area contributed by atoms with Gasteiger partial charge >= 0.3 is 12.1 Å². The first-order valence-corrected chi connectivity index (χ1v) is 14.6. The monoisotopic (exact) mass is 561 g/mol. The predicted molar refractivity (Wildman–Crippen MR) is 163 cm³/mol. The lowest BCUT2D eigenvalue weighted by Gasteiger charge is -2.25. The van der Waals surface area contributed by atoms with Crippen molar-refractivity contribution in [2.45, 2.75) is 90.4 Å². The molecule has 2 aliphatic rings. The van der Waals surface area contributed by atoms with Gasteiger partial charge in [0.05, 0.1) is 11.4 Å². The molecule has 4 amide bonds. The van der Waals surface area contributed by atoms with Gasteiger partial charge in [-0.3, -0.25) is 9.79 Å². The second-order valence-corrected chi connectivity index (χ2v) is 11.9. The number of carbonyl (C=O) groups is 3. The average Bonchev–Trinajstić information content (AvgIpc) is 3.03. The number of anilines is 2. The number of amides is 4. The summed E-state index contributed by atoms with van der Waals surface area (Å²) in [5.74, 6) is -0.0276. The van der Waals surface area contributed by atoms with E-state index in [9.17, 15) is 14.4 Å². The van der Waals surface area contributed by atoms with Gasteiger partial charge in [0, 0.05) is 30.3 Å². The van der Waals surface area contributed by atoms with Crippen LogP contribution in [0.1, 0.15) is 77.3 Å². The van der Waals surface area contributed by atoms with Crippen molar-refractivity contribution in [3.05, 3.63) is 59.7 Å². The Morgan fingerprint density at radius 3 is 2.51 bits per heavy atom. The predicted octanol–water partition coefficient (Wildman–Crippen LogP) is 6.03. The molecular formula is C32H43N5O4. The molecule has 220 valence electrons. The van der Waals surface area contributed by atoms with E-state index in [2.05, 4.69) is 16.0 Å². The molecule has 1 aliphatic heterocycles.